The van der Waals surface area contributed by atoms with Crippen LogP contribution >= 0.6 is 11.3 Å². The van der Waals surface area contributed by atoms with E-state index in [1.807, 2.05) is 47.7 Å². The van der Waals surface area contributed by atoms with Crippen LogP contribution in [0.2, 0.25) is 0 Å². The van der Waals surface area contributed by atoms with Crippen LogP contribution in [0.5, 0.6) is 0 Å². The van der Waals surface area contributed by atoms with Gasteiger partial charge in [0.15, 0.2) is 17.5 Å². The highest BCUT2D eigenvalue weighted by Gasteiger charge is 2.20. The predicted molar refractivity (Wildman–Crippen MR) is 250 cm³/mol. The highest BCUT2D eigenvalue weighted by Crippen LogP contribution is 2.47. The molecular weight excluding hydrogens is 735 g/mol. The van der Waals surface area contributed by atoms with Crippen molar-refractivity contribution in [1.82, 2.24) is 15.0 Å². The van der Waals surface area contributed by atoms with Gasteiger partial charge in [0.2, 0.25) is 0 Å². The van der Waals surface area contributed by atoms with Crippen LogP contribution in [-0.4, -0.2) is 15.0 Å². The van der Waals surface area contributed by atoms with Gasteiger partial charge in [0, 0.05) is 42.4 Å². The topological polar surface area (TPSA) is 38.7 Å². The molecule has 0 unspecified atom stereocenters. The molecule has 2 aromatic heterocycles. The van der Waals surface area contributed by atoms with Crippen LogP contribution < -0.4 is 0 Å². The van der Waals surface area contributed by atoms with Crippen molar-refractivity contribution in [2.75, 3.05) is 0 Å². The van der Waals surface area contributed by atoms with Crippen LogP contribution in [0.4, 0.5) is 0 Å². The van der Waals surface area contributed by atoms with Gasteiger partial charge in [0.05, 0.1) is 0 Å². The van der Waals surface area contributed by atoms with Crippen LogP contribution in [0.1, 0.15) is 0 Å². The zero-order chi connectivity index (χ0) is 38.9. The molecule has 0 fully saturated rings. The first kappa shape index (κ1) is 33.6. The van der Waals surface area contributed by atoms with Gasteiger partial charge in [0.25, 0.3) is 0 Å². The molecule has 0 N–H and O–H groups in total. The molecule has 2 heterocycles. The SMILES string of the molecule is c1ccc(-c2nc(-c3ccccc3)nc(-c3ccc(-c4cc5c6ccccc6c(-c6cccc7c6sc6ccccc67)cc5c5ccccc45)c4ccccc34)n2)cc1. The van der Waals surface area contributed by atoms with Crippen molar-refractivity contribution in [3.63, 3.8) is 0 Å². The van der Waals surface area contributed by atoms with E-state index in [2.05, 4.69) is 164 Å². The molecule has 0 saturated carbocycles. The molecule has 0 atom stereocenters. The number of aromatic nitrogens is 3. The van der Waals surface area contributed by atoms with Gasteiger partial charge >= 0.3 is 0 Å². The van der Waals surface area contributed by atoms with E-state index in [9.17, 15) is 0 Å². The number of thiophene rings is 1. The minimum Gasteiger partial charge on any atom is -0.208 e. The van der Waals surface area contributed by atoms with Crippen LogP contribution in [0, 0.1) is 0 Å². The zero-order valence-electron chi connectivity index (χ0n) is 31.8. The minimum atomic E-state index is 0.649. The van der Waals surface area contributed by atoms with Gasteiger partial charge in [-0.2, -0.15) is 0 Å². The third kappa shape index (κ3) is 5.45. The Balaban J connectivity index is 1.09. The number of rotatable bonds is 5. The average Bonchev–Trinajstić information content (AvgIpc) is 3.70. The molecule has 0 saturated heterocycles. The fourth-order valence-corrected chi connectivity index (χ4v) is 10.2. The Morgan fingerprint density at radius 3 is 1.27 bits per heavy atom. The number of nitrogens with zero attached hydrogens (tertiary/aromatic N) is 3. The number of fused-ring (bicyclic) bond motifs is 9. The molecule has 12 rings (SSSR count). The van der Waals surface area contributed by atoms with Gasteiger partial charge in [-0.3, -0.25) is 0 Å². The second-order valence-corrected chi connectivity index (χ2v) is 16.1. The Kier molecular flexibility index (Phi) is 7.72. The van der Waals surface area contributed by atoms with Gasteiger partial charge in [-0.15, -0.1) is 11.3 Å². The van der Waals surface area contributed by atoms with E-state index in [1.54, 1.807) is 0 Å². The normalized spacial score (nSPS) is 11.7. The molecule has 274 valence electrons. The molecule has 0 bridgehead atoms. The molecular formula is C55H33N3S. The molecule has 3 nitrogen and oxygen atoms in total. The minimum absolute atomic E-state index is 0.649. The van der Waals surface area contributed by atoms with Crippen molar-refractivity contribution >= 4 is 74.6 Å². The van der Waals surface area contributed by atoms with E-state index < -0.39 is 0 Å². The number of hydrogen-bond acceptors (Lipinski definition) is 4. The van der Waals surface area contributed by atoms with Gasteiger partial charge in [-0.1, -0.05) is 176 Å². The lowest BCUT2D eigenvalue weighted by atomic mass is 9.86. The Bertz CT molecular complexity index is 3550. The summed E-state index contributed by atoms with van der Waals surface area (Å²) in [6, 6.07) is 71.7. The van der Waals surface area contributed by atoms with Crippen LogP contribution in [0.3, 0.4) is 0 Å². The second-order valence-electron chi connectivity index (χ2n) is 15.1. The summed E-state index contributed by atoms with van der Waals surface area (Å²) < 4.78 is 2.65. The van der Waals surface area contributed by atoms with Crippen molar-refractivity contribution < 1.29 is 0 Å². The smallest absolute Gasteiger partial charge is 0.164 e. The molecule has 0 aliphatic carbocycles. The molecule has 0 aliphatic heterocycles. The summed E-state index contributed by atoms with van der Waals surface area (Å²) in [5.41, 5.74) is 7.79. The van der Waals surface area contributed by atoms with Crippen molar-refractivity contribution in [1.29, 1.82) is 0 Å². The van der Waals surface area contributed by atoms with E-state index in [4.69, 9.17) is 15.0 Å². The zero-order valence-corrected chi connectivity index (χ0v) is 32.6. The van der Waals surface area contributed by atoms with E-state index >= 15 is 0 Å². The Labute approximate surface area is 344 Å². The second kappa shape index (κ2) is 13.6. The fraction of sp³-hybridized carbons (Fsp3) is 0. The average molecular weight is 768 g/mol. The molecule has 0 amide bonds. The van der Waals surface area contributed by atoms with Gasteiger partial charge in [-0.25, -0.2) is 15.0 Å². The highest BCUT2D eigenvalue weighted by atomic mass is 32.1. The monoisotopic (exact) mass is 767 g/mol. The summed E-state index contributed by atoms with van der Waals surface area (Å²) in [5.74, 6) is 1.95. The largest absolute Gasteiger partial charge is 0.208 e. The van der Waals surface area contributed by atoms with E-state index in [1.165, 1.54) is 74.7 Å². The maximum absolute atomic E-state index is 5.12. The summed E-state index contributed by atoms with van der Waals surface area (Å²) in [5, 5.41) is 12.3. The Morgan fingerprint density at radius 2 is 0.678 bits per heavy atom. The summed E-state index contributed by atoms with van der Waals surface area (Å²) in [6.07, 6.45) is 0. The van der Waals surface area contributed by atoms with E-state index in [0.29, 0.717) is 17.5 Å². The van der Waals surface area contributed by atoms with Crippen molar-refractivity contribution in [3.8, 4) is 56.4 Å². The lowest BCUT2D eigenvalue weighted by Gasteiger charge is -2.18. The molecule has 0 spiro atoms. The van der Waals surface area contributed by atoms with Gasteiger partial charge in [-0.05, 0) is 84.0 Å². The first-order valence-electron chi connectivity index (χ1n) is 19.9. The molecule has 0 aliphatic rings. The molecule has 10 aromatic carbocycles. The predicted octanol–water partition coefficient (Wildman–Crippen LogP) is 15.2. The number of hydrogen-bond donors (Lipinski definition) is 0. The molecule has 59 heavy (non-hydrogen) atoms. The van der Waals surface area contributed by atoms with Crippen molar-refractivity contribution in [3.05, 3.63) is 200 Å². The summed E-state index contributed by atoms with van der Waals surface area (Å²) >= 11 is 1.89. The quantitative estimate of drug-likeness (QED) is 0.164. The Hall–Kier alpha value is -7.53. The highest BCUT2D eigenvalue weighted by molar-refractivity contribution is 7.26. The van der Waals surface area contributed by atoms with Crippen LogP contribution in [0.25, 0.3) is 120 Å². The molecule has 4 heteroatoms. The number of benzene rings is 10. The van der Waals surface area contributed by atoms with Crippen LogP contribution in [0.15, 0.2) is 200 Å². The first-order valence-corrected chi connectivity index (χ1v) is 20.8. The van der Waals surface area contributed by atoms with E-state index in [-0.39, 0.29) is 0 Å². The Morgan fingerprint density at radius 1 is 0.254 bits per heavy atom. The molecule has 12 aromatic rings. The van der Waals surface area contributed by atoms with Crippen molar-refractivity contribution in [2.24, 2.45) is 0 Å². The third-order valence-corrected chi connectivity index (χ3v) is 13.0. The van der Waals surface area contributed by atoms with Crippen molar-refractivity contribution in [2.45, 2.75) is 0 Å². The maximum Gasteiger partial charge on any atom is 0.164 e. The summed E-state index contributed by atoms with van der Waals surface area (Å²) in [4.78, 5) is 15.2. The van der Waals surface area contributed by atoms with Crippen LogP contribution in [-0.2, 0) is 0 Å². The fourth-order valence-electron chi connectivity index (χ4n) is 9.01. The standard InChI is InChI=1S/C55H33N3S/c1-3-16-34(17-4-1)53-56-54(35-18-5-2-6-19-35)58-55(57-53)46-31-30-42(36-20-7-8-21-37(36)46)47-32-49-41-25-12-10-23-39(41)48(33-50(49)40-24-11-9-22-38(40)47)45-28-15-27-44-43-26-13-14-29-51(43)59-52(44)45/h1-33H. The molecule has 0 radical (unpaired) electrons. The lowest BCUT2D eigenvalue weighted by molar-refractivity contribution is 1.08. The summed E-state index contributed by atoms with van der Waals surface area (Å²) in [6.45, 7) is 0. The van der Waals surface area contributed by atoms with Gasteiger partial charge in [0.1, 0.15) is 0 Å². The summed E-state index contributed by atoms with van der Waals surface area (Å²) in [7, 11) is 0. The first-order chi connectivity index (χ1) is 29.3. The lowest BCUT2D eigenvalue weighted by Crippen LogP contribution is -2.00. The maximum atomic E-state index is 5.12. The third-order valence-electron chi connectivity index (χ3n) is 11.7. The van der Waals surface area contributed by atoms with Gasteiger partial charge < -0.3 is 0 Å². The van der Waals surface area contributed by atoms with E-state index in [0.717, 1.165) is 27.5 Å².